The number of carbonyl (C=O) groups is 1. The van der Waals surface area contributed by atoms with Crippen LogP contribution in [0.1, 0.15) is 36.0 Å². The molecule has 0 spiro atoms. The predicted octanol–water partition coefficient (Wildman–Crippen LogP) is 1.96. The van der Waals surface area contributed by atoms with Crippen LogP contribution in [0, 0.1) is 11.8 Å². The molecule has 2 fully saturated rings. The van der Waals surface area contributed by atoms with Gasteiger partial charge in [0.15, 0.2) is 0 Å². The Labute approximate surface area is 105 Å². The molecule has 0 radical (unpaired) electrons. The lowest BCUT2D eigenvalue weighted by Crippen LogP contribution is -2.26. The Morgan fingerprint density at radius 3 is 2.83 bits per heavy atom. The number of carboxylic acid groups (broad SMARTS) is 1. The monoisotopic (exact) mass is 247 g/mol. The lowest BCUT2D eigenvalue weighted by atomic mass is 9.95. The van der Waals surface area contributed by atoms with Crippen molar-refractivity contribution in [2.24, 2.45) is 11.8 Å². The van der Waals surface area contributed by atoms with E-state index < -0.39 is 5.97 Å². The topological polar surface area (TPSA) is 88.2 Å². The summed E-state index contributed by atoms with van der Waals surface area (Å²) in [5, 5.41) is 12.2. The van der Waals surface area contributed by atoms with Crippen molar-refractivity contribution in [2.45, 2.75) is 31.7 Å². The van der Waals surface area contributed by atoms with Gasteiger partial charge in [-0.1, -0.05) is 6.42 Å². The predicted molar refractivity (Wildman–Crippen MR) is 68.5 cm³/mol. The zero-order chi connectivity index (χ0) is 12.7. The maximum atomic E-state index is 10.8. The molecule has 1 heterocycles. The molecule has 96 valence electrons. The van der Waals surface area contributed by atoms with Crippen LogP contribution >= 0.6 is 0 Å². The van der Waals surface area contributed by atoms with Gasteiger partial charge in [0, 0.05) is 12.2 Å². The SMILES string of the molecule is Nc1cc(C(=O)O)cnc1NC1CC2CCC1C2. The summed E-state index contributed by atoms with van der Waals surface area (Å²) in [5.41, 5.74) is 6.39. The fourth-order valence-corrected chi connectivity index (χ4v) is 3.32. The summed E-state index contributed by atoms with van der Waals surface area (Å²) in [6, 6.07) is 1.92. The Hall–Kier alpha value is -1.78. The number of carboxylic acids is 1. The van der Waals surface area contributed by atoms with Crippen molar-refractivity contribution in [3.05, 3.63) is 17.8 Å². The van der Waals surface area contributed by atoms with Gasteiger partial charge in [0.1, 0.15) is 5.82 Å². The number of fused-ring (bicyclic) bond motifs is 2. The summed E-state index contributed by atoms with van der Waals surface area (Å²) in [6.07, 6.45) is 6.49. The Kier molecular flexibility index (Phi) is 2.61. The van der Waals surface area contributed by atoms with Crippen LogP contribution in [-0.2, 0) is 0 Å². The second-order valence-electron chi connectivity index (χ2n) is 5.39. The number of rotatable bonds is 3. The highest BCUT2D eigenvalue weighted by molar-refractivity contribution is 5.89. The minimum Gasteiger partial charge on any atom is -0.478 e. The van der Waals surface area contributed by atoms with Crippen molar-refractivity contribution < 1.29 is 9.90 Å². The average molecular weight is 247 g/mol. The van der Waals surface area contributed by atoms with E-state index in [1.54, 1.807) is 0 Å². The molecule has 1 aromatic rings. The molecule has 3 rings (SSSR count). The molecular weight excluding hydrogens is 230 g/mol. The Bertz CT molecular complexity index is 489. The number of nitrogens with one attached hydrogen (secondary N) is 1. The van der Waals surface area contributed by atoms with E-state index in [-0.39, 0.29) is 5.56 Å². The summed E-state index contributed by atoms with van der Waals surface area (Å²) in [6.45, 7) is 0. The molecule has 2 bridgehead atoms. The lowest BCUT2D eigenvalue weighted by Gasteiger charge is -2.24. The maximum absolute atomic E-state index is 10.8. The highest BCUT2D eigenvalue weighted by Crippen LogP contribution is 2.45. The highest BCUT2D eigenvalue weighted by atomic mass is 16.4. The van der Waals surface area contributed by atoms with Gasteiger partial charge in [0.25, 0.3) is 0 Å². The zero-order valence-electron chi connectivity index (χ0n) is 10.1. The molecule has 2 aliphatic carbocycles. The average Bonchev–Trinajstić information content (AvgIpc) is 2.93. The van der Waals surface area contributed by atoms with Crippen molar-refractivity contribution in [1.29, 1.82) is 0 Å². The summed E-state index contributed by atoms with van der Waals surface area (Å²) in [4.78, 5) is 14.9. The number of hydrogen-bond acceptors (Lipinski definition) is 4. The van der Waals surface area contributed by atoms with Gasteiger partial charge in [-0.05, 0) is 37.2 Å². The van der Waals surface area contributed by atoms with Crippen molar-refractivity contribution in [2.75, 3.05) is 11.1 Å². The number of aromatic carboxylic acids is 1. The van der Waals surface area contributed by atoms with Crippen LogP contribution in [0.3, 0.4) is 0 Å². The first-order valence-electron chi connectivity index (χ1n) is 6.39. The molecule has 18 heavy (non-hydrogen) atoms. The molecule has 0 saturated heterocycles. The molecule has 5 heteroatoms. The van der Waals surface area contributed by atoms with Crippen molar-refractivity contribution in [1.82, 2.24) is 4.98 Å². The summed E-state index contributed by atoms with van der Waals surface area (Å²) < 4.78 is 0. The van der Waals surface area contributed by atoms with E-state index in [1.165, 1.54) is 37.9 Å². The van der Waals surface area contributed by atoms with Crippen LogP contribution in [0.5, 0.6) is 0 Å². The van der Waals surface area contributed by atoms with Crippen LogP contribution in [0.25, 0.3) is 0 Å². The molecule has 1 aromatic heterocycles. The third-order valence-corrected chi connectivity index (χ3v) is 4.22. The van der Waals surface area contributed by atoms with Crippen LogP contribution in [0.4, 0.5) is 11.5 Å². The Morgan fingerprint density at radius 2 is 2.28 bits per heavy atom. The molecule has 2 aliphatic rings. The van der Waals surface area contributed by atoms with Crippen LogP contribution < -0.4 is 11.1 Å². The van der Waals surface area contributed by atoms with E-state index in [9.17, 15) is 4.79 Å². The minimum absolute atomic E-state index is 0.131. The molecule has 4 N–H and O–H groups in total. The first-order chi connectivity index (χ1) is 8.63. The van der Waals surface area contributed by atoms with Gasteiger partial charge in [-0.2, -0.15) is 0 Å². The Morgan fingerprint density at radius 1 is 1.44 bits per heavy atom. The second-order valence-corrected chi connectivity index (χ2v) is 5.39. The molecule has 3 atom stereocenters. The minimum atomic E-state index is -0.999. The van der Waals surface area contributed by atoms with Gasteiger partial charge in [-0.15, -0.1) is 0 Å². The molecule has 0 aromatic carbocycles. The number of anilines is 2. The van der Waals surface area contributed by atoms with Crippen molar-refractivity contribution in [3.63, 3.8) is 0 Å². The first kappa shape index (κ1) is 11.3. The third kappa shape index (κ3) is 1.89. The number of nitrogens with two attached hydrogens (primary N) is 1. The van der Waals surface area contributed by atoms with E-state index in [0.717, 1.165) is 11.8 Å². The normalized spacial score (nSPS) is 29.4. The largest absolute Gasteiger partial charge is 0.478 e. The van der Waals surface area contributed by atoms with Crippen LogP contribution in [0.15, 0.2) is 12.3 Å². The standard InChI is InChI=1S/C13H17N3O2/c14-10-5-9(13(17)18)6-15-12(10)16-11-4-7-1-2-8(11)3-7/h5-8,11H,1-4,14H2,(H,15,16)(H,17,18). The molecule has 0 aliphatic heterocycles. The molecular formula is C13H17N3O2. The summed E-state index contributed by atoms with van der Waals surface area (Å²) in [7, 11) is 0. The van der Waals surface area contributed by atoms with Gasteiger partial charge >= 0.3 is 5.97 Å². The number of pyridine rings is 1. The van der Waals surface area contributed by atoms with Gasteiger partial charge < -0.3 is 16.2 Å². The van der Waals surface area contributed by atoms with E-state index in [0.29, 0.717) is 17.5 Å². The van der Waals surface area contributed by atoms with E-state index in [1.807, 2.05) is 0 Å². The molecule has 0 amide bonds. The molecule has 3 unspecified atom stereocenters. The van der Waals surface area contributed by atoms with Gasteiger partial charge in [0.05, 0.1) is 11.3 Å². The number of nitrogen functional groups attached to an aromatic ring is 1. The van der Waals surface area contributed by atoms with Crippen molar-refractivity contribution in [3.8, 4) is 0 Å². The Balaban J connectivity index is 1.75. The fraction of sp³-hybridized carbons (Fsp3) is 0.538. The van der Waals surface area contributed by atoms with E-state index in [4.69, 9.17) is 10.8 Å². The molecule has 5 nitrogen and oxygen atoms in total. The van der Waals surface area contributed by atoms with Crippen LogP contribution in [-0.4, -0.2) is 22.1 Å². The fourth-order valence-electron chi connectivity index (χ4n) is 3.32. The second kappa shape index (κ2) is 4.15. The van der Waals surface area contributed by atoms with E-state index >= 15 is 0 Å². The maximum Gasteiger partial charge on any atom is 0.337 e. The number of nitrogens with zero attached hydrogens (tertiary/aromatic N) is 1. The highest BCUT2D eigenvalue weighted by Gasteiger charge is 2.39. The zero-order valence-corrected chi connectivity index (χ0v) is 10.1. The number of hydrogen-bond donors (Lipinski definition) is 3. The number of aromatic nitrogens is 1. The van der Waals surface area contributed by atoms with Gasteiger partial charge in [0.2, 0.25) is 0 Å². The smallest absolute Gasteiger partial charge is 0.337 e. The van der Waals surface area contributed by atoms with Gasteiger partial charge in [-0.3, -0.25) is 0 Å². The van der Waals surface area contributed by atoms with Gasteiger partial charge in [-0.25, -0.2) is 9.78 Å². The van der Waals surface area contributed by atoms with Crippen molar-refractivity contribution >= 4 is 17.5 Å². The summed E-state index contributed by atoms with van der Waals surface area (Å²) in [5.74, 6) is 1.21. The quantitative estimate of drug-likeness (QED) is 0.760. The first-order valence-corrected chi connectivity index (χ1v) is 6.39. The lowest BCUT2D eigenvalue weighted by molar-refractivity contribution is 0.0696. The van der Waals surface area contributed by atoms with Crippen LogP contribution in [0.2, 0.25) is 0 Å². The third-order valence-electron chi connectivity index (χ3n) is 4.22. The summed E-state index contributed by atoms with van der Waals surface area (Å²) >= 11 is 0. The van der Waals surface area contributed by atoms with E-state index in [2.05, 4.69) is 10.3 Å². The molecule has 2 saturated carbocycles.